The van der Waals surface area contributed by atoms with E-state index in [0.717, 1.165) is 16.9 Å². The van der Waals surface area contributed by atoms with Crippen LogP contribution in [0.15, 0.2) is 29.6 Å². The Morgan fingerprint density at radius 3 is 2.39 bits per heavy atom. The van der Waals surface area contributed by atoms with Crippen LogP contribution in [0.1, 0.15) is 25.6 Å². The Kier molecular flexibility index (Phi) is 3.16. The molecule has 4 nitrogen and oxygen atoms in total. The number of hydrogen-bond acceptors (Lipinski definition) is 3. The highest BCUT2D eigenvalue weighted by atomic mass is 32.1. The molecule has 92 valence electrons. The van der Waals surface area contributed by atoms with Crippen LogP contribution in [0.4, 0.5) is 0 Å². The van der Waals surface area contributed by atoms with Gasteiger partial charge >= 0.3 is 11.9 Å². The van der Waals surface area contributed by atoms with Gasteiger partial charge in [0.2, 0.25) is 0 Å². The van der Waals surface area contributed by atoms with Crippen LogP contribution in [0.3, 0.4) is 0 Å². The molecule has 0 aliphatic rings. The quantitative estimate of drug-likeness (QED) is 0.891. The molecule has 0 amide bonds. The topological polar surface area (TPSA) is 74.6 Å². The van der Waals surface area contributed by atoms with Crippen molar-refractivity contribution in [1.29, 1.82) is 0 Å². The van der Waals surface area contributed by atoms with E-state index in [9.17, 15) is 9.59 Å². The van der Waals surface area contributed by atoms with Gasteiger partial charge in [0.25, 0.3) is 0 Å². The van der Waals surface area contributed by atoms with Crippen molar-refractivity contribution in [1.82, 2.24) is 0 Å². The summed E-state index contributed by atoms with van der Waals surface area (Å²) in [6, 6.07) is 6.58. The summed E-state index contributed by atoms with van der Waals surface area (Å²) in [5, 5.41) is 19.7. The van der Waals surface area contributed by atoms with E-state index >= 15 is 0 Å². The van der Waals surface area contributed by atoms with Crippen molar-refractivity contribution >= 4 is 23.3 Å². The summed E-state index contributed by atoms with van der Waals surface area (Å²) in [5.41, 5.74) is 2.20. The average Bonchev–Trinajstić information content (AvgIpc) is 2.78. The smallest absolute Gasteiger partial charge is 0.345 e. The molecule has 0 saturated carbocycles. The molecule has 1 aromatic heterocycles. The number of carboxylic acids is 2. The summed E-state index contributed by atoms with van der Waals surface area (Å²) >= 11 is 1.08. The molecule has 2 N–H and O–H groups in total. The van der Waals surface area contributed by atoms with Crippen LogP contribution >= 0.6 is 11.3 Å². The minimum atomic E-state index is -1.02. The van der Waals surface area contributed by atoms with Crippen LogP contribution in [0, 0.1) is 6.92 Å². The third kappa shape index (κ3) is 2.26. The third-order valence-corrected chi connectivity index (χ3v) is 3.44. The number of thiophene rings is 1. The van der Waals surface area contributed by atoms with E-state index in [2.05, 4.69) is 0 Å². The lowest BCUT2D eigenvalue weighted by Crippen LogP contribution is -1.99. The van der Waals surface area contributed by atoms with E-state index in [1.165, 1.54) is 6.07 Å². The number of aromatic carboxylic acids is 2. The van der Waals surface area contributed by atoms with Gasteiger partial charge in [0.1, 0.15) is 4.88 Å². The molecule has 0 fully saturated rings. The van der Waals surface area contributed by atoms with Crippen molar-refractivity contribution in [3.05, 3.63) is 45.6 Å². The maximum atomic E-state index is 11.2. The van der Waals surface area contributed by atoms with Gasteiger partial charge in [0.05, 0.1) is 5.56 Å². The zero-order chi connectivity index (χ0) is 13.3. The van der Waals surface area contributed by atoms with Crippen molar-refractivity contribution in [2.45, 2.75) is 6.92 Å². The minimum absolute atomic E-state index is 0.185. The second kappa shape index (κ2) is 4.62. The fourth-order valence-corrected chi connectivity index (χ4v) is 2.42. The number of benzene rings is 1. The molecule has 2 rings (SSSR count). The molecular weight excluding hydrogens is 252 g/mol. The van der Waals surface area contributed by atoms with Crippen molar-refractivity contribution in [3.8, 4) is 11.1 Å². The molecule has 1 aromatic carbocycles. The maximum Gasteiger partial charge on any atom is 0.345 e. The maximum absolute atomic E-state index is 11.2. The molecule has 0 bridgehead atoms. The normalized spacial score (nSPS) is 10.3. The number of carboxylic acid groups (broad SMARTS) is 2. The second-order valence-corrected chi connectivity index (χ2v) is 4.77. The van der Waals surface area contributed by atoms with Gasteiger partial charge in [-0.15, -0.1) is 11.3 Å². The van der Waals surface area contributed by atoms with E-state index in [1.54, 1.807) is 23.6 Å². The minimum Gasteiger partial charge on any atom is -0.478 e. The molecule has 2 aromatic rings. The Morgan fingerprint density at radius 1 is 1.11 bits per heavy atom. The highest BCUT2D eigenvalue weighted by Crippen LogP contribution is 2.29. The number of rotatable bonds is 3. The van der Waals surface area contributed by atoms with Crippen LogP contribution in [0.25, 0.3) is 11.1 Å². The number of aryl methyl sites for hydroxylation is 1. The van der Waals surface area contributed by atoms with E-state index in [0.29, 0.717) is 11.1 Å². The van der Waals surface area contributed by atoms with Gasteiger partial charge < -0.3 is 10.2 Å². The number of hydrogen-bond donors (Lipinski definition) is 2. The Balaban J connectivity index is 2.55. The fourth-order valence-electron chi connectivity index (χ4n) is 1.68. The van der Waals surface area contributed by atoms with Gasteiger partial charge in [0, 0.05) is 0 Å². The molecule has 0 atom stereocenters. The second-order valence-electron chi connectivity index (χ2n) is 3.86. The van der Waals surface area contributed by atoms with E-state index in [1.807, 2.05) is 6.92 Å². The summed E-state index contributed by atoms with van der Waals surface area (Å²) in [7, 11) is 0. The third-order valence-electron chi connectivity index (χ3n) is 2.53. The summed E-state index contributed by atoms with van der Waals surface area (Å²) < 4.78 is 0. The fraction of sp³-hybridized carbons (Fsp3) is 0.0769. The molecule has 18 heavy (non-hydrogen) atoms. The largest absolute Gasteiger partial charge is 0.478 e. The summed E-state index contributed by atoms with van der Waals surface area (Å²) in [6.07, 6.45) is 0. The molecule has 0 aliphatic carbocycles. The van der Waals surface area contributed by atoms with Gasteiger partial charge in [-0.1, -0.05) is 17.7 Å². The van der Waals surface area contributed by atoms with Gasteiger partial charge in [-0.2, -0.15) is 0 Å². The lowest BCUT2D eigenvalue weighted by Gasteiger charge is -2.05. The molecule has 0 spiro atoms. The highest BCUT2D eigenvalue weighted by Gasteiger charge is 2.15. The van der Waals surface area contributed by atoms with Crippen molar-refractivity contribution in [3.63, 3.8) is 0 Å². The number of carbonyl (C=O) groups is 2. The summed E-state index contributed by atoms with van der Waals surface area (Å²) in [6.45, 7) is 1.81. The summed E-state index contributed by atoms with van der Waals surface area (Å²) in [4.78, 5) is 22.2. The SMILES string of the molecule is Cc1ccc(-c2csc(C(=O)O)c2)c(C(=O)O)c1. The van der Waals surface area contributed by atoms with E-state index in [-0.39, 0.29) is 10.4 Å². The van der Waals surface area contributed by atoms with Crippen LogP contribution in [-0.4, -0.2) is 22.2 Å². The first-order chi connectivity index (χ1) is 8.49. The predicted octanol–water partition coefficient (Wildman–Crippen LogP) is 3.12. The van der Waals surface area contributed by atoms with Crippen LogP contribution in [0.5, 0.6) is 0 Å². The van der Waals surface area contributed by atoms with Crippen molar-refractivity contribution in [2.75, 3.05) is 0 Å². The Labute approximate surface area is 107 Å². The summed E-state index contributed by atoms with van der Waals surface area (Å²) in [5.74, 6) is -2.02. The first kappa shape index (κ1) is 12.3. The van der Waals surface area contributed by atoms with E-state index in [4.69, 9.17) is 10.2 Å². The van der Waals surface area contributed by atoms with Crippen molar-refractivity contribution < 1.29 is 19.8 Å². The zero-order valence-electron chi connectivity index (χ0n) is 9.51. The molecule has 1 heterocycles. The molecular formula is C13H10O4S. The Bertz CT molecular complexity index is 628. The first-order valence-electron chi connectivity index (χ1n) is 5.15. The van der Waals surface area contributed by atoms with Gasteiger partial charge in [-0.25, -0.2) is 9.59 Å². The standard InChI is InChI=1S/C13H10O4S/c1-7-2-3-9(10(4-7)12(14)15)8-5-11(13(16)17)18-6-8/h2-6H,1H3,(H,14,15)(H,16,17). The Morgan fingerprint density at radius 2 is 1.83 bits per heavy atom. The van der Waals surface area contributed by atoms with Crippen LogP contribution in [0.2, 0.25) is 0 Å². The molecule has 0 radical (unpaired) electrons. The predicted molar refractivity (Wildman–Crippen MR) is 68.4 cm³/mol. The van der Waals surface area contributed by atoms with Crippen LogP contribution < -0.4 is 0 Å². The zero-order valence-corrected chi connectivity index (χ0v) is 10.3. The molecule has 0 saturated heterocycles. The molecule has 0 aliphatic heterocycles. The van der Waals surface area contributed by atoms with Gasteiger partial charge in [-0.05, 0) is 35.6 Å². The highest BCUT2D eigenvalue weighted by molar-refractivity contribution is 7.12. The molecule has 0 unspecified atom stereocenters. The van der Waals surface area contributed by atoms with Crippen molar-refractivity contribution in [2.24, 2.45) is 0 Å². The van der Waals surface area contributed by atoms with Gasteiger partial charge in [-0.3, -0.25) is 0 Å². The molecule has 5 heteroatoms. The van der Waals surface area contributed by atoms with Crippen LogP contribution in [-0.2, 0) is 0 Å². The lowest BCUT2D eigenvalue weighted by molar-refractivity contribution is 0.0689. The average molecular weight is 262 g/mol. The Hall–Kier alpha value is -2.14. The van der Waals surface area contributed by atoms with E-state index < -0.39 is 11.9 Å². The monoisotopic (exact) mass is 262 g/mol. The lowest BCUT2D eigenvalue weighted by atomic mass is 10.00. The van der Waals surface area contributed by atoms with Gasteiger partial charge in [0.15, 0.2) is 0 Å². The first-order valence-corrected chi connectivity index (χ1v) is 6.03.